The largest absolute Gasteiger partial charge is 0.376 e. The number of ether oxygens (including phenoxy) is 2. The average molecular weight is 427 g/mol. The summed E-state index contributed by atoms with van der Waals surface area (Å²) in [6.45, 7) is 8.16. The second kappa shape index (κ2) is 11.1. The van der Waals surface area contributed by atoms with Crippen molar-refractivity contribution in [1.82, 2.24) is 15.1 Å². The molecule has 9 heteroatoms. The fourth-order valence-electron chi connectivity index (χ4n) is 4.10. The Morgan fingerprint density at radius 3 is 2.60 bits per heavy atom. The molecule has 0 bridgehead atoms. The molecule has 3 amide bonds. The Hall–Kier alpha value is -1.71. The van der Waals surface area contributed by atoms with Gasteiger partial charge in [-0.15, -0.1) is 0 Å². The molecule has 9 nitrogen and oxygen atoms in total. The molecule has 0 aliphatic carbocycles. The topological polar surface area (TPSA) is 114 Å². The van der Waals surface area contributed by atoms with Crippen LogP contribution in [0.15, 0.2) is 0 Å². The first-order chi connectivity index (χ1) is 14.2. The average Bonchev–Trinajstić information content (AvgIpc) is 3.32. The Kier molecular flexibility index (Phi) is 9.06. The summed E-state index contributed by atoms with van der Waals surface area (Å²) in [6.07, 6.45) is 2.70. The molecule has 0 saturated carbocycles. The van der Waals surface area contributed by atoms with E-state index in [2.05, 4.69) is 5.32 Å². The lowest BCUT2D eigenvalue weighted by atomic mass is 9.91. The van der Waals surface area contributed by atoms with E-state index in [1.165, 1.54) is 12.0 Å². The van der Waals surface area contributed by atoms with E-state index in [1.54, 1.807) is 0 Å². The van der Waals surface area contributed by atoms with E-state index >= 15 is 0 Å². The van der Waals surface area contributed by atoms with E-state index in [4.69, 9.17) is 15.2 Å². The molecule has 2 aliphatic rings. The van der Waals surface area contributed by atoms with Crippen LogP contribution in [0, 0.1) is 5.41 Å². The molecule has 3 unspecified atom stereocenters. The van der Waals surface area contributed by atoms with Gasteiger partial charge in [-0.25, -0.2) is 0 Å². The lowest BCUT2D eigenvalue weighted by Crippen LogP contribution is -2.48. The maximum Gasteiger partial charge on any atom is 0.249 e. The normalized spacial score (nSPS) is 24.2. The van der Waals surface area contributed by atoms with Gasteiger partial charge >= 0.3 is 0 Å². The van der Waals surface area contributed by atoms with E-state index in [0.29, 0.717) is 45.6 Å². The van der Waals surface area contributed by atoms with Crippen molar-refractivity contribution in [3.8, 4) is 0 Å². The van der Waals surface area contributed by atoms with E-state index in [1.807, 2.05) is 25.7 Å². The van der Waals surface area contributed by atoms with Gasteiger partial charge in [0.2, 0.25) is 17.7 Å². The number of carbonyl (C=O) groups is 3. The zero-order chi connectivity index (χ0) is 22.3. The molecule has 0 aromatic heterocycles. The van der Waals surface area contributed by atoms with Gasteiger partial charge in [0.1, 0.15) is 12.6 Å². The minimum Gasteiger partial charge on any atom is -0.376 e. The van der Waals surface area contributed by atoms with Gasteiger partial charge in [0.05, 0.1) is 12.1 Å². The van der Waals surface area contributed by atoms with E-state index in [9.17, 15) is 14.4 Å². The fourth-order valence-corrected chi connectivity index (χ4v) is 4.10. The molecular formula is C21H38N4O5. The van der Waals surface area contributed by atoms with Crippen molar-refractivity contribution < 1.29 is 23.9 Å². The molecule has 0 spiro atoms. The second-order valence-corrected chi connectivity index (χ2v) is 9.38. The standard InChI is InChI=1S/C21H38N4O5/c1-21(2,3)11-18(26)24(13-16-6-5-9-30-16)15-10-17(20(28)23-8-7-22)25(12-15)19(27)14-29-4/h15-17H,5-14,22H2,1-4H3,(H,23,28). The van der Waals surface area contributed by atoms with Crippen LogP contribution in [0.4, 0.5) is 0 Å². The molecular weight excluding hydrogens is 388 g/mol. The highest BCUT2D eigenvalue weighted by atomic mass is 16.5. The predicted octanol–water partition coefficient (Wildman–Crippen LogP) is 0.121. The summed E-state index contributed by atoms with van der Waals surface area (Å²) < 4.78 is 10.8. The minimum atomic E-state index is -0.640. The summed E-state index contributed by atoms with van der Waals surface area (Å²) in [6, 6.07) is -0.878. The van der Waals surface area contributed by atoms with Crippen molar-refractivity contribution in [3.05, 3.63) is 0 Å². The van der Waals surface area contributed by atoms with Gasteiger partial charge in [0, 0.05) is 46.3 Å². The lowest BCUT2D eigenvalue weighted by Gasteiger charge is -2.33. The molecule has 2 aliphatic heterocycles. The Bertz CT molecular complexity index is 601. The molecule has 2 fully saturated rings. The van der Waals surface area contributed by atoms with Crippen LogP contribution in [-0.2, 0) is 23.9 Å². The van der Waals surface area contributed by atoms with Crippen LogP contribution in [0.25, 0.3) is 0 Å². The number of carbonyl (C=O) groups excluding carboxylic acids is 3. The first kappa shape index (κ1) is 24.6. The summed E-state index contributed by atoms with van der Waals surface area (Å²) >= 11 is 0. The smallest absolute Gasteiger partial charge is 0.249 e. The van der Waals surface area contributed by atoms with Crippen LogP contribution in [-0.4, -0.2) is 92.2 Å². The van der Waals surface area contributed by atoms with Crippen LogP contribution in [0.3, 0.4) is 0 Å². The number of rotatable bonds is 9. The van der Waals surface area contributed by atoms with E-state index in [0.717, 1.165) is 12.8 Å². The minimum absolute atomic E-state index is 0.00200. The maximum absolute atomic E-state index is 13.2. The lowest BCUT2D eigenvalue weighted by molar-refractivity contribution is -0.141. The molecule has 0 radical (unpaired) electrons. The first-order valence-corrected chi connectivity index (χ1v) is 10.8. The van der Waals surface area contributed by atoms with Crippen molar-refractivity contribution in [2.45, 2.75) is 64.6 Å². The summed E-state index contributed by atoms with van der Waals surface area (Å²) in [5.41, 5.74) is 5.34. The van der Waals surface area contributed by atoms with Crippen molar-refractivity contribution in [3.63, 3.8) is 0 Å². The monoisotopic (exact) mass is 426 g/mol. The van der Waals surface area contributed by atoms with Gasteiger partial charge < -0.3 is 30.3 Å². The summed E-state index contributed by atoms with van der Waals surface area (Å²) in [4.78, 5) is 41.9. The number of likely N-dealkylation sites (tertiary alicyclic amines) is 1. The first-order valence-electron chi connectivity index (χ1n) is 10.8. The number of amides is 3. The Labute approximate surface area is 179 Å². The summed E-state index contributed by atoms with van der Waals surface area (Å²) in [5.74, 6) is -0.467. The van der Waals surface area contributed by atoms with Crippen LogP contribution >= 0.6 is 0 Å². The van der Waals surface area contributed by atoms with Crippen molar-refractivity contribution >= 4 is 17.7 Å². The van der Waals surface area contributed by atoms with Gasteiger partial charge in [0.25, 0.3) is 0 Å². The van der Waals surface area contributed by atoms with Crippen molar-refractivity contribution in [2.75, 3.05) is 46.5 Å². The highest BCUT2D eigenvalue weighted by Crippen LogP contribution is 2.28. The third kappa shape index (κ3) is 6.92. The molecule has 3 atom stereocenters. The molecule has 172 valence electrons. The van der Waals surface area contributed by atoms with Crippen LogP contribution in [0.2, 0.25) is 0 Å². The summed E-state index contributed by atoms with van der Waals surface area (Å²) in [5, 5.41) is 2.77. The molecule has 2 heterocycles. The van der Waals surface area contributed by atoms with Gasteiger partial charge in [-0.1, -0.05) is 20.8 Å². The fraction of sp³-hybridized carbons (Fsp3) is 0.857. The number of nitrogens with zero attached hydrogens (tertiary/aromatic N) is 2. The highest BCUT2D eigenvalue weighted by molar-refractivity contribution is 5.89. The molecule has 3 N–H and O–H groups in total. The number of nitrogens with one attached hydrogen (secondary N) is 1. The van der Waals surface area contributed by atoms with Crippen molar-refractivity contribution in [1.29, 1.82) is 0 Å². The molecule has 0 aromatic rings. The van der Waals surface area contributed by atoms with E-state index in [-0.39, 0.29) is 41.9 Å². The molecule has 0 aromatic carbocycles. The van der Waals surface area contributed by atoms with Gasteiger partial charge in [-0.2, -0.15) is 0 Å². The van der Waals surface area contributed by atoms with Crippen LogP contribution in [0.1, 0.15) is 46.5 Å². The molecule has 2 rings (SSSR count). The number of nitrogens with two attached hydrogens (primary N) is 1. The molecule has 30 heavy (non-hydrogen) atoms. The Balaban J connectivity index is 2.21. The van der Waals surface area contributed by atoms with Crippen LogP contribution < -0.4 is 11.1 Å². The third-order valence-corrected chi connectivity index (χ3v) is 5.48. The number of methoxy groups -OCH3 is 1. The van der Waals surface area contributed by atoms with Crippen molar-refractivity contribution in [2.24, 2.45) is 11.1 Å². The Morgan fingerprint density at radius 2 is 2.03 bits per heavy atom. The van der Waals surface area contributed by atoms with Gasteiger partial charge in [-0.3, -0.25) is 14.4 Å². The Morgan fingerprint density at radius 1 is 1.30 bits per heavy atom. The predicted molar refractivity (Wildman–Crippen MR) is 113 cm³/mol. The second-order valence-electron chi connectivity index (χ2n) is 9.38. The third-order valence-electron chi connectivity index (χ3n) is 5.48. The quantitative estimate of drug-likeness (QED) is 0.541. The molecule has 2 saturated heterocycles. The van der Waals surface area contributed by atoms with Gasteiger partial charge in [0.15, 0.2) is 0 Å². The van der Waals surface area contributed by atoms with E-state index < -0.39 is 6.04 Å². The van der Waals surface area contributed by atoms with Gasteiger partial charge in [-0.05, 0) is 24.7 Å². The zero-order valence-corrected chi connectivity index (χ0v) is 18.8. The maximum atomic E-state index is 13.2. The summed E-state index contributed by atoms with van der Waals surface area (Å²) in [7, 11) is 1.45. The zero-order valence-electron chi connectivity index (χ0n) is 18.8. The SMILES string of the molecule is COCC(=O)N1CC(N(CC2CCCO2)C(=O)CC(C)(C)C)CC1C(=O)NCCN. The highest BCUT2D eigenvalue weighted by Gasteiger charge is 2.43. The van der Waals surface area contributed by atoms with Crippen LogP contribution in [0.5, 0.6) is 0 Å². The number of hydrogen-bond acceptors (Lipinski definition) is 6. The number of hydrogen-bond donors (Lipinski definition) is 2.